The van der Waals surface area contributed by atoms with Crippen molar-refractivity contribution < 1.29 is 14.3 Å². The van der Waals surface area contributed by atoms with Crippen LogP contribution in [-0.2, 0) is 14.3 Å². The lowest BCUT2D eigenvalue weighted by molar-refractivity contribution is -0.129. The molecule has 4 rings (SSSR count). The molecule has 4 aliphatic rings. The molecule has 2 amide bonds. The summed E-state index contributed by atoms with van der Waals surface area (Å²) in [6.45, 7) is 10.9. The number of nitrogens with one attached hydrogen (secondary N) is 1. The molecule has 0 aromatic rings. The molecule has 1 saturated carbocycles. The maximum absolute atomic E-state index is 12.7. The molecular weight excluding hydrogens is 348 g/mol. The number of hydrogen-bond acceptors (Lipinski definition) is 4. The molecule has 5 nitrogen and oxygen atoms in total. The molecule has 0 unspecified atom stereocenters. The van der Waals surface area contributed by atoms with Gasteiger partial charge in [0, 0.05) is 30.8 Å². The number of likely N-dealkylation sites (tertiary alicyclic amines) is 1. The molecular formula is C20H32N2O3S. The van der Waals surface area contributed by atoms with Crippen LogP contribution < -0.4 is 5.32 Å². The molecule has 1 aliphatic carbocycles. The fraction of sp³-hybridized carbons (Fsp3) is 0.900. The maximum atomic E-state index is 12.7. The number of ether oxygens (including phenoxy) is 1. The summed E-state index contributed by atoms with van der Waals surface area (Å²) >= 11 is 1.58. The van der Waals surface area contributed by atoms with Gasteiger partial charge >= 0.3 is 0 Å². The van der Waals surface area contributed by atoms with E-state index in [1.807, 2.05) is 11.2 Å². The average Bonchev–Trinajstić information content (AvgIpc) is 3.02. The average molecular weight is 381 g/mol. The molecule has 4 fully saturated rings. The van der Waals surface area contributed by atoms with Crippen LogP contribution in [0.3, 0.4) is 0 Å². The zero-order chi connectivity index (χ0) is 18.9. The van der Waals surface area contributed by atoms with Gasteiger partial charge in [0.05, 0.1) is 24.0 Å². The van der Waals surface area contributed by atoms with Crippen molar-refractivity contribution in [2.75, 3.05) is 31.6 Å². The van der Waals surface area contributed by atoms with Crippen molar-refractivity contribution in [2.24, 2.45) is 28.6 Å². The van der Waals surface area contributed by atoms with E-state index in [0.717, 1.165) is 25.9 Å². The number of fused-ring (bicyclic) bond motifs is 1. The highest BCUT2D eigenvalue weighted by atomic mass is 32.2. The SMILES string of the molecule is CSCC(=O)N1C[C@@H]2[C@H](CNC(=O)C3C(C)(C)C3(C)C)[C@H]3CC[C@]2(C1)O3. The predicted octanol–water partition coefficient (Wildman–Crippen LogP) is 2.15. The van der Waals surface area contributed by atoms with Crippen molar-refractivity contribution in [3.05, 3.63) is 0 Å². The molecule has 1 spiro atoms. The van der Waals surface area contributed by atoms with Crippen LogP contribution in [0.2, 0.25) is 0 Å². The minimum atomic E-state index is -0.147. The fourth-order valence-electron chi connectivity index (χ4n) is 6.04. The Balaban J connectivity index is 1.39. The maximum Gasteiger partial charge on any atom is 0.232 e. The highest BCUT2D eigenvalue weighted by Crippen LogP contribution is 2.68. The first kappa shape index (κ1) is 18.6. The zero-order valence-electron chi connectivity index (χ0n) is 16.6. The number of hydrogen-bond donors (Lipinski definition) is 1. The standard InChI is InChI=1S/C20H32N2O3S/c1-18(2)16(19(18,3)4)17(24)21-8-12-13-9-22(15(23)10-26-5)11-20(13)7-6-14(12)25-20/h12-14,16H,6-11H2,1-5H3,(H,21,24)/t12-,13+,14+,20+/m0/s1. The highest BCUT2D eigenvalue weighted by molar-refractivity contribution is 7.99. The second-order valence-electron chi connectivity index (χ2n) is 9.86. The van der Waals surface area contributed by atoms with E-state index in [4.69, 9.17) is 4.74 Å². The first-order chi connectivity index (χ1) is 12.1. The lowest BCUT2D eigenvalue weighted by atomic mass is 9.73. The van der Waals surface area contributed by atoms with Gasteiger partial charge in [0.1, 0.15) is 0 Å². The van der Waals surface area contributed by atoms with Crippen LogP contribution in [-0.4, -0.2) is 60.1 Å². The third-order valence-corrected chi connectivity index (χ3v) is 8.73. The third-order valence-electron chi connectivity index (χ3n) is 8.20. The molecule has 0 aromatic heterocycles. The van der Waals surface area contributed by atoms with Gasteiger partial charge in [-0.3, -0.25) is 9.59 Å². The Labute approximate surface area is 161 Å². The number of thioether (sulfide) groups is 1. The topological polar surface area (TPSA) is 58.6 Å². The van der Waals surface area contributed by atoms with Crippen molar-refractivity contribution in [2.45, 2.75) is 52.2 Å². The highest BCUT2D eigenvalue weighted by Gasteiger charge is 2.68. The summed E-state index contributed by atoms with van der Waals surface area (Å²) < 4.78 is 6.39. The molecule has 1 N–H and O–H groups in total. The van der Waals surface area contributed by atoms with E-state index >= 15 is 0 Å². The summed E-state index contributed by atoms with van der Waals surface area (Å²) in [7, 11) is 0. The van der Waals surface area contributed by atoms with Gasteiger partial charge in [-0.2, -0.15) is 11.8 Å². The van der Waals surface area contributed by atoms with Crippen LogP contribution in [0.1, 0.15) is 40.5 Å². The fourth-order valence-corrected chi connectivity index (χ4v) is 6.47. The van der Waals surface area contributed by atoms with E-state index in [0.29, 0.717) is 24.1 Å². The summed E-state index contributed by atoms with van der Waals surface area (Å²) in [5.74, 6) is 1.74. The molecule has 2 bridgehead atoms. The summed E-state index contributed by atoms with van der Waals surface area (Å²) in [5.41, 5.74) is -0.0119. The molecule has 3 saturated heterocycles. The largest absolute Gasteiger partial charge is 0.369 e. The Kier molecular flexibility index (Phi) is 4.20. The van der Waals surface area contributed by atoms with Gasteiger partial charge in [0.25, 0.3) is 0 Å². The van der Waals surface area contributed by atoms with Crippen LogP contribution in [0.5, 0.6) is 0 Å². The second-order valence-corrected chi connectivity index (χ2v) is 10.7. The first-order valence-electron chi connectivity index (χ1n) is 9.86. The molecule has 0 aromatic carbocycles. The Morgan fingerprint density at radius 2 is 1.92 bits per heavy atom. The van der Waals surface area contributed by atoms with Gasteiger partial charge in [0.15, 0.2) is 0 Å². The van der Waals surface area contributed by atoms with Crippen molar-refractivity contribution in [1.82, 2.24) is 10.2 Å². The van der Waals surface area contributed by atoms with Crippen molar-refractivity contribution in [3.63, 3.8) is 0 Å². The number of nitrogens with zero attached hydrogens (tertiary/aromatic N) is 1. The lowest BCUT2D eigenvalue weighted by Gasteiger charge is -2.29. The van der Waals surface area contributed by atoms with E-state index in [1.165, 1.54) is 0 Å². The van der Waals surface area contributed by atoms with Gasteiger partial charge in [-0.25, -0.2) is 0 Å². The van der Waals surface area contributed by atoms with Gasteiger partial charge in [0.2, 0.25) is 11.8 Å². The number of carbonyl (C=O) groups is 2. The van der Waals surface area contributed by atoms with E-state index in [-0.39, 0.29) is 40.3 Å². The number of carbonyl (C=O) groups excluding carboxylic acids is 2. The quantitative estimate of drug-likeness (QED) is 0.794. The zero-order valence-corrected chi connectivity index (χ0v) is 17.4. The van der Waals surface area contributed by atoms with Crippen LogP contribution in [0, 0.1) is 28.6 Å². The Morgan fingerprint density at radius 1 is 1.23 bits per heavy atom. The van der Waals surface area contributed by atoms with Crippen molar-refractivity contribution >= 4 is 23.6 Å². The Morgan fingerprint density at radius 3 is 2.54 bits per heavy atom. The summed E-state index contributed by atoms with van der Waals surface area (Å²) in [6.07, 6.45) is 4.33. The summed E-state index contributed by atoms with van der Waals surface area (Å²) in [5, 5.41) is 3.23. The smallest absolute Gasteiger partial charge is 0.232 e. The molecule has 6 heteroatoms. The van der Waals surface area contributed by atoms with Gasteiger partial charge < -0.3 is 15.0 Å². The minimum Gasteiger partial charge on any atom is -0.369 e. The number of rotatable bonds is 5. The van der Waals surface area contributed by atoms with E-state index in [9.17, 15) is 9.59 Å². The van der Waals surface area contributed by atoms with E-state index in [2.05, 4.69) is 33.0 Å². The molecule has 26 heavy (non-hydrogen) atoms. The Bertz CT molecular complexity index is 621. The van der Waals surface area contributed by atoms with Gasteiger partial charge in [-0.1, -0.05) is 27.7 Å². The minimum absolute atomic E-state index is 0.0673. The number of amides is 2. The van der Waals surface area contributed by atoms with Crippen molar-refractivity contribution in [1.29, 1.82) is 0 Å². The summed E-state index contributed by atoms with van der Waals surface area (Å²) in [6, 6.07) is 0. The first-order valence-corrected chi connectivity index (χ1v) is 11.3. The van der Waals surface area contributed by atoms with E-state index < -0.39 is 0 Å². The third kappa shape index (κ3) is 2.47. The van der Waals surface area contributed by atoms with Crippen LogP contribution in [0.25, 0.3) is 0 Å². The lowest BCUT2D eigenvalue weighted by Crippen LogP contribution is -2.42. The van der Waals surface area contributed by atoms with E-state index in [1.54, 1.807) is 11.8 Å². The van der Waals surface area contributed by atoms with Gasteiger partial charge in [-0.15, -0.1) is 0 Å². The van der Waals surface area contributed by atoms with Crippen LogP contribution in [0.4, 0.5) is 0 Å². The van der Waals surface area contributed by atoms with Gasteiger partial charge in [-0.05, 0) is 29.9 Å². The molecule has 3 aliphatic heterocycles. The second kappa shape index (κ2) is 5.87. The van der Waals surface area contributed by atoms with Crippen LogP contribution >= 0.6 is 11.8 Å². The molecule has 4 atom stereocenters. The van der Waals surface area contributed by atoms with Crippen molar-refractivity contribution in [3.8, 4) is 0 Å². The predicted molar refractivity (Wildman–Crippen MR) is 103 cm³/mol. The monoisotopic (exact) mass is 380 g/mol. The Hall–Kier alpha value is -0.750. The van der Waals surface area contributed by atoms with Crippen LogP contribution in [0.15, 0.2) is 0 Å². The normalized spacial score (nSPS) is 39.1. The molecule has 3 heterocycles. The molecule has 146 valence electrons. The summed E-state index contributed by atoms with van der Waals surface area (Å²) in [4.78, 5) is 27.1. The molecule has 0 radical (unpaired) electrons.